The molecule has 1 N–H and O–H groups in total. The molecule has 0 radical (unpaired) electrons. The van der Waals surface area contributed by atoms with Gasteiger partial charge in [0.2, 0.25) is 11.8 Å². The van der Waals surface area contributed by atoms with Gasteiger partial charge in [-0.25, -0.2) is 0 Å². The number of fused-ring (bicyclic) bond motifs is 1. The molecular formula is C18H17ClN2O2. The van der Waals surface area contributed by atoms with E-state index in [0.717, 1.165) is 16.8 Å². The summed E-state index contributed by atoms with van der Waals surface area (Å²) < 4.78 is 0. The number of carbonyl (C=O) groups excluding carboxylic acids is 2. The highest BCUT2D eigenvalue weighted by atomic mass is 35.5. The predicted molar refractivity (Wildman–Crippen MR) is 92.0 cm³/mol. The molecule has 0 unspecified atom stereocenters. The van der Waals surface area contributed by atoms with Crippen molar-refractivity contribution < 1.29 is 9.59 Å². The number of nitrogens with one attached hydrogen (secondary N) is 1. The van der Waals surface area contributed by atoms with Crippen molar-refractivity contribution in [3.05, 3.63) is 58.6 Å². The first-order valence-electron chi connectivity index (χ1n) is 7.55. The molecule has 1 aliphatic rings. The van der Waals surface area contributed by atoms with Crippen LogP contribution in [0, 0.1) is 0 Å². The van der Waals surface area contributed by atoms with E-state index in [-0.39, 0.29) is 18.2 Å². The maximum absolute atomic E-state index is 12.2. The Balaban J connectivity index is 1.72. The molecule has 0 atom stereocenters. The van der Waals surface area contributed by atoms with E-state index < -0.39 is 0 Å². The van der Waals surface area contributed by atoms with E-state index >= 15 is 0 Å². The number of amides is 2. The summed E-state index contributed by atoms with van der Waals surface area (Å²) >= 11 is 6.07. The summed E-state index contributed by atoms with van der Waals surface area (Å²) in [6.45, 7) is 2.61. The average molecular weight is 329 g/mol. The summed E-state index contributed by atoms with van der Waals surface area (Å²) in [7, 11) is 0. The molecule has 1 aliphatic heterocycles. The average Bonchev–Trinajstić information content (AvgIpc) is 2.83. The molecule has 1 heterocycles. The van der Waals surface area contributed by atoms with Gasteiger partial charge >= 0.3 is 0 Å². The fourth-order valence-corrected chi connectivity index (χ4v) is 3.03. The first kappa shape index (κ1) is 15.6. The number of carbonyl (C=O) groups is 2. The smallest absolute Gasteiger partial charge is 0.231 e. The van der Waals surface area contributed by atoms with Gasteiger partial charge in [-0.1, -0.05) is 29.8 Å². The molecule has 2 aromatic rings. The largest absolute Gasteiger partial charge is 0.326 e. The minimum absolute atomic E-state index is 0.0991. The third kappa shape index (κ3) is 3.22. The number of rotatable bonds is 4. The summed E-state index contributed by atoms with van der Waals surface area (Å²) in [5.41, 5.74) is 3.38. The van der Waals surface area contributed by atoms with Crippen molar-refractivity contribution in [1.82, 2.24) is 0 Å². The lowest BCUT2D eigenvalue weighted by Gasteiger charge is -2.15. The molecular weight excluding hydrogens is 312 g/mol. The first-order chi connectivity index (χ1) is 11.1. The zero-order valence-electron chi connectivity index (χ0n) is 12.8. The highest BCUT2D eigenvalue weighted by Crippen LogP contribution is 2.31. The van der Waals surface area contributed by atoms with Gasteiger partial charge in [-0.3, -0.25) is 9.59 Å². The summed E-state index contributed by atoms with van der Waals surface area (Å²) in [4.78, 5) is 25.8. The molecule has 0 fully saturated rings. The summed E-state index contributed by atoms with van der Waals surface area (Å²) in [6.07, 6.45) is 0.605. The van der Waals surface area contributed by atoms with Crippen molar-refractivity contribution in [1.29, 1.82) is 0 Å². The van der Waals surface area contributed by atoms with Crippen LogP contribution >= 0.6 is 11.6 Å². The molecule has 0 bridgehead atoms. The van der Waals surface area contributed by atoms with Crippen molar-refractivity contribution in [3.63, 3.8) is 0 Å². The molecule has 2 aromatic carbocycles. The van der Waals surface area contributed by atoms with Gasteiger partial charge in [-0.05, 0) is 42.3 Å². The Morgan fingerprint density at radius 1 is 1.26 bits per heavy atom. The van der Waals surface area contributed by atoms with Crippen LogP contribution in [0.1, 0.15) is 18.1 Å². The summed E-state index contributed by atoms with van der Waals surface area (Å²) in [5.74, 6) is -0.0308. The van der Waals surface area contributed by atoms with Crippen LogP contribution in [0.15, 0.2) is 42.5 Å². The second-order valence-corrected chi connectivity index (χ2v) is 5.88. The molecule has 0 saturated heterocycles. The minimum Gasteiger partial charge on any atom is -0.326 e. The molecule has 3 rings (SSSR count). The normalized spacial score (nSPS) is 13.1. The Morgan fingerprint density at radius 2 is 2.04 bits per heavy atom. The van der Waals surface area contributed by atoms with E-state index in [9.17, 15) is 9.59 Å². The second kappa shape index (κ2) is 6.42. The Morgan fingerprint density at radius 3 is 2.78 bits per heavy atom. The lowest BCUT2D eigenvalue weighted by Crippen LogP contribution is -2.25. The fourth-order valence-electron chi connectivity index (χ4n) is 2.83. The van der Waals surface area contributed by atoms with Gasteiger partial charge in [0.05, 0.1) is 12.8 Å². The lowest BCUT2D eigenvalue weighted by molar-refractivity contribution is -0.117. The standard InChI is InChI=1S/C18H17ClN2O2/c1-2-21-16-8-7-14(9-13(16)11-18(21)23)20-17(22)10-12-5-3-4-6-15(12)19/h3-9H,2,10-11H2,1H3,(H,20,22). The van der Waals surface area contributed by atoms with Crippen molar-refractivity contribution >= 4 is 34.8 Å². The lowest BCUT2D eigenvalue weighted by atomic mass is 10.1. The van der Waals surface area contributed by atoms with E-state index in [1.165, 1.54) is 0 Å². The molecule has 0 saturated carbocycles. The maximum atomic E-state index is 12.2. The Hall–Kier alpha value is -2.33. The van der Waals surface area contributed by atoms with Crippen LogP contribution < -0.4 is 10.2 Å². The number of benzene rings is 2. The summed E-state index contributed by atoms with van der Waals surface area (Å²) in [6, 6.07) is 12.9. The van der Waals surface area contributed by atoms with Crippen molar-refractivity contribution in [2.24, 2.45) is 0 Å². The van der Waals surface area contributed by atoms with Gasteiger partial charge in [0, 0.05) is 22.9 Å². The van der Waals surface area contributed by atoms with E-state index in [4.69, 9.17) is 11.6 Å². The highest BCUT2D eigenvalue weighted by molar-refractivity contribution is 6.31. The molecule has 0 spiro atoms. The maximum Gasteiger partial charge on any atom is 0.231 e. The van der Waals surface area contributed by atoms with E-state index in [0.29, 0.717) is 23.7 Å². The fraction of sp³-hybridized carbons (Fsp3) is 0.222. The van der Waals surface area contributed by atoms with Gasteiger partial charge in [-0.15, -0.1) is 0 Å². The predicted octanol–water partition coefficient (Wildman–Crippen LogP) is 3.43. The number of nitrogens with zero attached hydrogens (tertiary/aromatic N) is 1. The SMILES string of the molecule is CCN1C(=O)Cc2cc(NC(=O)Cc3ccccc3Cl)ccc21. The van der Waals surface area contributed by atoms with Crippen LogP contribution in [-0.2, 0) is 22.4 Å². The molecule has 0 aromatic heterocycles. The van der Waals surface area contributed by atoms with Gasteiger partial charge < -0.3 is 10.2 Å². The van der Waals surface area contributed by atoms with E-state index in [1.807, 2.05) is 43.3 Å². The minimum atomic E-state index is -0.130. The number of likely N-dealkylation sites (N-methyl/N-ethyl adjacent to an activating group) is 1. The van der Waals surface area contributed by atoms with Crippen molar-refractivity contribution in [2.45, 2.75) is 19.8 Å². The van der Waals surface area contributed by atoms with Gasteiger partial charge in [0.25, 0.3) is 0 Å². The van der Waals surface area contributed by atoms with Gasteiger partial charge in [0.15, 0.2) is 0 Å². The first-order valence-corrected chi connectivity index (χ1v) is 7.93. The number of hydrogen-bond acceptors (Lipinski definition) is 2. The van der Waals surface area contributed by atoms with Crippen LogP contribution in [-0.4, -0.2) is 18.4 Å². The molecule has 2 amide bonds. The monoisotopic (exact) mass is 328 g/mol. The number of anilines is 2. The van der Waals surface area contributed by atoms with Crippen LogP contribution in [0.4, 0.5) is 11.4 Å². The van der Waals surface area contributed by atoms with Crippen LogP contribution in [0.2, 0.25) is 5.02 Å². The second-order valence-electron chi connectivity index (χ2n) is 5.47. The molecule has 4 nitrogen and oxygen atoms in total. The van der Waals surface area contributed by atoms with E-state index in [2.05, 4.69) is 5.32 Å². The third-order valence-electron chi connectivity index (χ3n) is 3.92. The van der Waals surface area contributed by atoms with Crippen LogP contribution in [0.5, 0.6) is 0 Å². The zero-order chi connectivity index (χ0) is 16.4. The molecule has 118 valence electrons. The quantitative estimate of drug-likeness (QED) is 0.934. The molecule has 0 aliphatic carbocycles. The van der Waals surface area contributed by atoms with Crippen molar-refractivity contribution in [2.75, 3.05) is 16.8 Å². The Bertz CT molecular complexity index is 773. The Labute approximate surface area is 140 Å². The highest BCUT2D eigenvalue weighted by Gasteiger charge is 2.25. The number of hydrogen-bond donors (Lipinski definition) is 1. The van der Waals surface area contributed by atoms with Gasteiger partial charge in [-0.2, -0.15) is 0 Å². The van der Waals surface area contributed by atoms with Crippen molar-refractivity contribution in [3.8, 4) is 0 Å². The van der Waals surface area contributed by atoms with E-state index in [1.54, 1.807) is 11.0 Å². The number of halogens is 1. The van der Waals surface area contributed by atoms with Crippen LogP contribution in [0.25, 0.3) is 0 Å². The zero-order valence-corrected chi connectivity index (χ0v) is 13.6. The Kier molecular flexibility index (Phi) is 4.35. The molecule has 23 heavy (non-hydrogen) atoms. The molecule has 5 heteroatoms. The summed E-state index contributed by atoms with van der Waals surface area (Å²) in [5, 5.41) is 3.45. The van der Waals surface area contributed by atoms with Crippen LogP contribution in [0.3, 0.4) is 0 Å². The topological polar surface area (TPSA) is 49.4 Å². The third-order valence-corrected chi connectivity index (χ3v) is 4.29. The van der Waals surface area contributed by atoms with Gasteiger partial charge in [0.1, 0.15) is 0 Å².